The summed E-state index contributed by atoms with van der Waals surface area (Å²) in [5.41, 5.74) is 0.493. The summed E-state index contributed by atoms with van der Waals surface area (Å²) < 4.78 is 0. The van der Waals surface area contributed by atoms with Gasteiger partial charge in [-0.25, -0.2) is 4.98 Å². The van der Waals surface area contributed by atoms with Crippen molar-refractivity contribution in [2.24, 2.45) is 23.2 Å². The van der Waals surface area contributed by atoms with Gasteiger partial charge in [0.05, 0.1) is 17.0 Å². The van der Waals surface area contributed by atoms with Crippen molar-refractivity contribution in [1.82, 2.24) is 9.97 Å². The van der Waals surface area contributed by atoms with E-state index in [1.807, 2.05) is 11.8 Å². The van der Waals surface area contributed by atoms with E-state index in [2.05, 4.69) is 16.0 Å². The van der Waals surface area contributed by atoms with Gasteiger partial charge in [-0.2, -0.15) is 10.2 Å². The Balaban J connectivity index is 1.67. The fraction of sp³-hybridized carbons (Fsp3) is 0.684. The molecule has 6 rings (SSSR count). The monoisotopic (exact) mass is 356 g/mol. The highest BCUT2D eigenvalue weighted by atomic mass is 35.5. The molecule has 5 nitrogen and oxygen atoms in total. The minimum absolute atomic E-state index is 0.0438. The van der Waals surface area contributed by atoms with Crippen molar-refractivity contribution in [3.05, 3.63) is 17.0 Å². The van der Waals surface area contributed by atoms with Crippen LogP contribution < -0.4 is 4.90 Å². The van der Waals surface area contributed by atoms with Crippen molar-refractivity contribution in [3.63, 3.8) is 0 Å². The van der Waals surface area contributed by atoms with Crippen molar-refractivity contribution in [3.8, 4) is 6.07 Å². The molecular weight excluding hydrogens is 336 g/mol. The molecule has 4 bridgehead atoms. The first kappa shape index (κ1) is 15.6. The molecule has 4 aliphatic carbocycles. The number of amides is 1. The van der Waals surface area contributed by atoms with Crippen LogP contribution in [0.1, 0.15) is 51.0 Å². The van der Waals surface area contributed by atoms with Crippen LogP contribution in [0.2, 0.25) is 5.28 Å². The number of aromatic nitrogens is 2. The number of carbonyl (C=O) groups is 1. The average Bonchev–Trinajstić information content (AvgIpc) is 2.93. The number of nitrogens with zero attached hydrogens (tertiary/aromatic N) is 4. The Kier molecular flexibility index (Phi) is 3.08. The number of nitriles is 1. The summed E-state index contributed by atoms with van der Waals surface area (Å²) >= 11 is 6.10. The van der Waals surface area contributed by atoms with Gasteiger partial charge in [0, 0.05) is 17.7 Å². The largest absolute Gasteiger partial charge is 0.290 e. The first-order valence-electron chi connectivity index (χ1n) is 9.22. The van der Waals surface area contributed by atoms with Gasteiger partial charge in [-0.1, -0.05) is 6.92 Å². The summed E-state index contributed by atoms with van der Waals surface area (Å²) in [6.45, 7) is 2.00. The molecule has 0 saturated heterocycles. The van der Waals surface area contributed by atoms with Crippen molar-refractivity contribution in [2.45, 2.75) is 57.4 Å². The molecule has 0 aromatic carbocycles. The fourth-order valence-electron chi connectivity index (χ4n) is 6.29. The number of aryl methyl sites for hydroxylation is 1. The number of fused-ring (bicyclic) bond motifs is 1. The standard InChI is InChI=1S/C19H21ClN4O/c1-11-2-3-12-8-22-17(20)23-15(12)24(16(11)25)19-6-13-4-18(9-19,10-21)5-14(13)7-19/h8,11,13-14H,2-7,9H2,1H3. The van der Waals surface area contributed by atoms with Crippen LogP contribution in [-0.2, 0) is 11.2 Å². The Bertz CT molecular complexity index is 802. The molecule has 1 amide bonds. The molecule has 5 aliphatic rings. The van der Waals surface area contributed by atoms with Gasteiger partial charge in [0.1, 0.15) is 5.82 Å². The van der Waals surface area contributed by atoms with Gasteiger partial charge in [-0.15, -0.1) is 0 Å². The number of rotatable bonds is 1. The van der Waals surface area contributed by atoms with E-state index in [4.69, 9.17) is 11.6 Å². The maximum Gasteiger partial charge on any atom is 0.231 e. The summed E-state index contributed by atoms with van der Waals surface area (Å²) in [6.07, 6.45) is 8.16. The predicted octanol–water partition coefficient (Wildman–Crippen LogP) is 3.52. The van der Waals surface area contributed by atoms with Crippen LogP contribution in [0.3, 0.4) is 0 Å². The molecule has 1 aliphatic heterocycles. The fourth-order valence-corrected chi connectivity index (χ4v) is 6.42. The van der Waals surface area contributed by atoms with Crippen molar-refractivity contribution in [1.29, 1.82) is 5.26 Å². The third-order valence-electron chi connectivity index (χ3n) is 7.15. The minimum Gasteiger partial charge on any atom is -0.290 e. The average molecular weight is 357 g/mol. The molecule has 3 unspecified atom stereocenters. The van der Waals surface area contributed by atoms with Crippen LogP contribution in [0.4, 0.5) is 5.82 Å². The Hall–Kier alpha value is -1.67. The quantitative estimate of drug-likeness (QED) is 0.722. The van der Waals surface area contributed by atoms with Gasteiger partial charge in [0.2, 0.25) is 11.2 Å². The van der Waals surface area contributed by atoms with E-state index in [0.717, 1.165) is 50.5 Å². The molecule has 0 spiro atoms. The second kappa shape index (κ2) is 4.94. The summed E-state index contributed by atoms with van der Waals surface area (Å²) in [5.74, 6) is 1.94. The SMILES string of the molecule is CC1CCc2cnc(Cl)nc2N(C23CC4CC(C#N)(CC4C2)C3)C1=O. The van der Waals surface area contributed by atoms with Crippen molar-refractivity contribution in [2.75, 3.05) is 4.90 Å². The van der Waals surface area contributed by atoms with Gasteiger partial charge in [-0.05, 0) is 68.4 Å². The van der Waals surface area contributed by atoms with Gasteiger partial charge in [-0.3, -0.25) is 9.69 Å². The molecule has 6 heteroatoms. The first-order valence-corrected chi connectivity index (χ1v) is 9.60. The second-order valence-electron chi connectivity index (χ2n) is 8.73. The zero-order chi connectivity index (χ0) is 17.4. The Morgan fingerprint density at radius 2 is 2.04 bits per heavy atom. The van der Waals surface area contributed by atoms with Crippen molar-refractivity contribution >= 4 is 23.3 Å². The topological polar surface area (TPSA) is 69.9 Å². The Morgan fingerprint density at radius 1 is 1.32 bits per heavy atom. The van der Waals surface area contributed by atoms with Crippen LogP contribution >= 0.6 is 11.6 Å². The highest BCUT2D eigenvalue weighted by molar-refractivity contribution is 6.28. The highest BCUT2D eigenvalue weighted by Crippen LogP contribution is 2.67. The molecular formula is C19H21ClN4O. The summed E-state index contributed by atoms with van der Waals surface area (Å²) in [5, 5.41) is 10.0. The number of hydrogen-bond acceptors (Lipinski definition) is 4. The number of anilines is 1. The lowest BCUT2D eigenvalue weighted by Gasteiger charge is -2.49. The van der Waals surface area contributed by atoms with Crippen LogP contribution in [0.15, 0.2) is 6.20 Å². The lowest BCUT2D eigenvalue weighted by molar-refractivity contribution is -0.123. The molecule has 130 valence electrons. The maximum atomic E-state index is 13.4. The van der Waals surface area contributed by atoms with Crippen LogP contribution in [0.25, 0.3) is 0 Å². The summed E-state index contributed by atoms with van der Waals surface area (Å²) in [6, 6.07) is 2.61. The van der Waals surface area contributed by atoms with Gasteiger partial charge < -0.3 is 0 Å². The number of carbonyl (C=O) groups excluding carboxylic acids is 1. The second-order valence-corrected chi connectivity index (χ2v) is 9.07. The predicted molar refractivity (Wildman–Crippen MR) is 92.9 cm³/mol. The number of hydrogen-bond donors (Lipinski definition) is 0. The summed E-state index contributed by atoms with van der Waals surface area (Å²) in [4.78, 5) is 24.0. The molecule has 3 atom stereocenters. The van der Waals surface area contributed by atoms with E-state index >= 15 is 0 Å². The lowest BCUT2D eigenvalue weighted by atomic mass is 9.65. The molecule has 0 N–H and O–H groups in total. The lowest BCUT2D eigenvalue weighted by Crippen LogP contribution is -2.57. The zero-order valence-corrected chi connectivity index (χ0v) is 15.1. The molecule has 1 aromatic heterocycles. The van der Waals surface area contributed by atoms with E-state index < -0.39 is 0 Å². The number of halogens is 1. The normalized spacial score (nSPS) is 41.6. The van der Waals surface area contributed by atoms with Crippen LogP contribution in [-0.4, -0.2) is 21.4 Å². The third-order valence-corrected chi connectivity index (χ3v) is 7.33. The first-order chi connectivity index (χ1) is 12.0. The molecule has 2 heterocycles. The van der Waals surface area contributed by atoms with E-state index in [1.54, 1.807) is 6.20 Å². The van der Waals surface area contributed by atoms with E-state index in [-0.39, 0.29) is 28.1 Å². The summed E-state index contributed by atoms with van der Waals surface area (Å²) in [7, 11) is 0. The van der Waals surface area contributed by atoms with E-state index in [0.29, 0.717) is 17.7 Å². The van der Waals surface area contributed by atoms with Gasteiger partial charge in [0.25, 0.3) is 0 Å². The molecule has 1 aromatic rings. The smallest absolute Gasteiger partial charge is 0.231 e. The van der Waals surface area contributed by atoms with Crippen molar-refractivity contribution < 1.29 is 4.79 Å². The van der Waals surface area contributed by atoms with E-state index in [9.17, 15) is 10.1 Å². The maximum absolute atomic E-state index is 13.4. The molecule has 25 heavy (non-hydrogen) atoms. The van der Waals surface area contributed by atoms with Crippen LogP contribution in [0.5, 0.6) is 0 Å². The molecule has 4 fully saturated rings. The third kappa shape index (κ3) is 2.04. The van der Waals surface area contributed by atoms with Gasteiger partial charge >= 0.3 is 0 Å². The zero-order valence-electron chi connectivity index (χ0n) is 14.3. The Morgan fingerprint density at radius 3 is 2.72 bits per heavy atom. The minimum atomic E-state index is -0.260. The van der Waals surface area contributed by atoms with Crippen LogP contribution in [0, 0.1) is 34.5 Å². The molecule has 4 saturated carbocycles. The molecule has 0 radical (unpaired) electrons. The Labute approximate surface area is 152 Å². The highest BCUT2D eigenvalue weighted by Gasteiger charge is 2.66. The van der Waals surface area contributed by atoms with Gasteiger partial charge in [0.15, 0.2) is 0 Å². The van der Waals surface area contributed by atoms with E-state index in [1.165, 1.54) is 0 Å².